The van der Waals surface area contributed by atoms with Crippen molar-refractivity contribution in [1.29, 1.82) is 0 Å². The minimum absolute atomic E-state index is 0.375. The van der Waals surface area contributed by atoms with E-state index in [1.165, 1.54) is 0 Å². The van der Waals surface area contributed by atoms with Gasteiger partial charge in [-0.25, -0.2) is 0 Å². The first-order valence-electron chi connectivity index (χ1n) is 2.91. The second-order valence-corrected chi connectivity index (χ2v) is 2.14. The molecule has 0 aromatic carbocycles. The SMILES string of the molecule is CNC1CCN(F)C1. The third kappa shape index (κ3) is 1.17. The lowest BCUT2D eigenvalue weighted by Crippen LogP contribution is -2.26. The summed E-state index contributed by atoms with van der Waals surface area (Å²) in [4.78, 5) is 0. The minimum atomic E-state index is 0.375. The second kappa shape index (κ2) is 2.42. The molecule has 3 heteroatoms. The van der Waals surface area contributed by atoms with Crippen molar-refractivity contribution in [2.24, 2.45) is 0 Å². The molecule has 48 valence electrons. The maximum absolute atomic E-state index is 12.2. The van der Waals surface area contributed by atoms with Gasteiger partial charge in [-0.05, 0) is 13.5 Å². The second-order valence-electron chi connectivity index (χ2n) is 2.14. The molecule has 0 saturated carbocycles. The molecule has 1 aliphatic rings. The molecule has 0 spiro atoms. The number of halogens is 1. The third-order valence-corrected chi connectivity index (χ3v) is 1.55. The highest BCUT2D eigenvalue weighted by Gasteiger charge is 2.19. The average molecular weight is 118 g/mol. The Balaban J connectivity index is 2.22. The molecule has 1 saturated heterocycles. The first-order chi connectivity index (χ1) is 3.83. The molecule has 0 aromatic heterocycles. The molecule has 1 atom stereocenters. The molecule has 1 aliphatic heterocycles. The van der Waals surface area contributed by atoms with Gasteiger partial charge in [0.05, 0.1) is 0 Å². The van der Waals surface area contributed by atoms with Crippen LogP contribution in [0.5, 0.6) is 0 Å². The molecular weight excluding hydrogens is 107 g/mol. The quantitative estimate of drug-likeness (QED) is 0.493. The molecule has 0 aliphatic carbocycles. The standard InChI is InChI=1S/C5H11FN2/c1-7-5-2-3-8(6)4-5/h5,7H,2-4H2,1H3. The summed E-state index contributed by atoms with van der Waals surface area (Å²) in [6, 6.07) is 0.375. The lowest BCUT2D eigenvalue weighted by molar-refractivity contribution is 0.0547. The van der Waals surface area contributed by atoms with Crippen LogP contribution in [-0.2, 0) is 0 Å². The lowest BCUT2D eigenvalue weighted by Gasteiger charge is -2.04. The molecule has 1 heterocycles. The molecule has 1 rings (SSSR count). The Morgan fingerprint density at radius 1 is 1.75 bits per heavy atom. The van der Waals surface area contributed by atoms with Crippen LogP contribution in [0, 0.1) is 0 Å². The molecule has 2 nitrogen and oxygen atoms in total. The Morgan fingerprint density at radius 3 is 2.75 bits per heavy atom. The summed E-state index contributed by atoms with van der Waals surface area (Å²) in [6.07, 6.45) is 0.938. The molecule has 0 amide bonds. The van der Waals surface area contributed by atoms with Gasteiger partial charge in [0.25, 0.3) is 0 Å². The van der Waals surface area contributed by atoms with Crippen molar-refractivity contribution in [3.63, 3.8) is 0 Å². The van der Waals surface area contributed by atoms with E-state index in [0.717, 1.165) is 11.5 Å². The van der Waals surface area contributed by atoms with Crippen LogP contribution in [0.3, 0.4) is 0 Å². The first-order valence-corrected chi connectivity index (χ1v) is 2.91. The van der Waals surface area contributed by atoms with Gasteiger partial charge in [-0.15, -0.1) is 9.60 Å². The van der Waals surface area contributed by atoms with Gasteiger partial charge in [-0.3, -0.25) is 0 Å². The molecule has 0 radical (unpaired) electrons. The van der Waals surface area contributed by atoms with Crippen molar-refractivity contribution in [1.82, 2.24) is 10.4 Å². The van der Waals surface area contributed by atoms with Gasteiger partial charge >= 0.3 is 0 Å². The van der Waals surface area contributed by atoms with Crippen LogP contribution in [0.15, 0.2) is 0 Å². The fourth-order valence-electron chi connectivity index (χ4n) is 0.953. The number of nitrogens with zero attached hydrogens (tertiary/aromatic N) is 1. The number of nitrogens with one attached hydrogen (secondary N) is 1. The third-order valence-electron chi connectivity index (χ3n) is 1.55. The molecule has 0 aromatic rings. The molecular formula is C5H11FN2. The monoisotopic (exact) mass is 118 g/mol. The van der Waals surface area contributed by atoms with Gasteiger partial charge in [0, 0.05) is 19.1 Å². The number of hydrogen-bond acceptors (Lipinski definition) is 2. The van der Waals surface area contributed by atoms with Crippen LogP contribution in [0.2, 0.25) is 0 Å². The highest BCUT2D eigenvalue weighted by molar-refractivity contribution is 4.74. The Hall–Kier alpha value is -0.150. The van der Waals surface area contributed by atoms with E-state index < -0.39 is 0 Å². The van der Waals surface area contributed by atoms with E-state index in [2.05, 4.69) is 5.32 Å². The van der Waals surface area contributed by atoms with Gasteiger partial charge in [0.1, 0.15) is 0 Å². The lowest BCUT2D eigenvalue weighted by atomic mass is 10.3. The number of rotatable bonds is 1. The smallest absolute Gasteiger partial charge is 0.0444 e. The van der Waals surface area contributed by atoms with Crippen molar-refractivity contribution in [3.05, 3.63) is 0 Å². The highest BCUT2D eigenvalue weighted by Crippen LogP contribution is 2.07. The van der Waals surface area contributed by atoms with Gasteiger partial charge in [-0.2, -0.15) is 0 Å². The van der Waals surface area contributed by atoms with Crippen LogP contribution in [0.1, 0.15) is 6.42 Å². The normalized spacial score (nSPS) is 31.5. The summed E-state index contributed by atoms with van der Waals surface area (Å²) in [7, 11) is 1.86. The summed E-state index contributed by atoms with van der Waals surface area (Å²) in [5, 5.41) is 3.86. The fraction of sp³-hybridized carbons (Fsp3) is 1.00. The Bertz CT molecular complexity index is 76.8. The van der Waals surface area contributed by atoms with Crippen LogP contribution in [-0.4, -0.2) is 31.3 Å². The van der Waals surface area contributed by atoms with Crippen LogP contribution >= 0.6 is 0 Å². The van der Waals surface area contributed by atoms with E-state index in [-0.39, 0.29) is 0 Å². The van der Waals surface area contributed by atoms with Gasteiger partial charge in [0.15, 0.2) is 0 Å². The number of likely N-dealkylation sites (N-methyl/N-ethyl adjacent to an activating group) is 1. The maximum atomic E-state index is 12.2. The zero-order chi connectivity index (χ0) is 5.98. The van der Waals surface area contributed by atoms with Gasteiger partial charge in [0.2, 0.25) is 0 Å². The van der Waals surface area contributed by atoms with Gasteiger partial charge in [-0.1, -0.05) is 0 Å². The molecule has 1 N–H and O–H groups in total. The van der Waals surface area contributed by atoms with Crippen LogP contribution in [0.25, 0.3) is 0 Å². The Labute approximate surface area is 48.6 Å². The van der Waals surface area contributed by atoms with Crippen molar-refractivity contribution in [3.8, 4) is 0 Å². The van der Waals surface area contributed by atoms with Crippen LogP contribution < -0.4 is 5.32 Å². The first kappa shape index (κ1) is 5.98. The van der Waals surface area contributed by atoms with Crippen molar-refractivity contribution >= 4 is 0 Å². The van der Waals surface area contributed by atoms with Gasteiger partial charge < -0.3 is 5.32 Å². The predicted molar refractivity (Wildman–Crippen MR) is 30.1 cm³/mol. The van der Waals surface area contributed by atoms with E-state index >= 15 is 0 Å². The largest absolute Gasteiger partial charge is 0.316 e. The zero-order valence-electron chi connectivity index (χ0n) is 5.02. The predicted octanol–water partition coefficient (Wildman–Crippen LogP) is 0.165. The van der Waals surface area contributed by atoms with Crippen molar-refractivity contribution < 1.29 is 4.48 Å². The fourth-order valence-corrected chi connectivity index (χ4v) is 0.953. The molecule has 1 unspecified atom stereocenters. The van der Waals surface area contributed by atoms with E-state index in [1.54, 1.807) is 0 Å². The minimum Gasteiger partial charge on any atom is -0.316 e. The van der Waals surface area contributed by atoms with Crippen molar-refractivity contribution in [2.45, 2.75) is 12.5 Å². The van der Waals surface area contributed by atoms with E-state index in [9.17, 15) is 4.48 Å². The summed E-state index contributed by atoms with van der Waals surface area (Å²) in [6.45, 7) is 1.14. The zero-order valence-corrected chi connectivity index (χ0v) is 5.02. The Morgan fingerprint density at radius 2 is 2.50 bits per heavy atom. The molecule has 1 fully saturated rings. The summed E-state index contributed by atoms with van der Waals surface area (Å²) in [5.41, 5.74) is 0. The molecule has 8 heavy (non-hydrogen) atoms. The average Bonchev–Trinajstić information content (AvgIpc) is 2.14. The van der Waals surface area contributed by atoms with E-state index in [4.69, 9.17) is 0 Å². The van der Waals surface area contributed by atoms with E-state index in [1.807, 2.05) is 7.05 Å². The summed E-state index contributed by atoms with van der Waals surface area (Å²) >= 11 is 0. The maximum Gasteiger partial charge on any atom is 0.0444 e. The number of hydrogen-bond donors (Lipinski definition) is 1. The summed E-state index contributed by atoms with van der Waals surface area (Å²) < 4.78 is 12.2. The van der Waals surface area contributed by atoms with Crippen LogP contribution in [0.4, 0.5) is 4.48 Å². The summed E-state index contributed by atoms with van der Waals surface area (Å²) in [5.74, 6) is 0. The molecule has 0 bridgehead atoms. The highest BCUT2D eigenvalue weighted by atomic mass is 19.2. The Kier molecular flexibility index (Phi) is 1.81. The van der Waals surface area contributed by atoms with E-state index in [0.29, 0.717) is 19.1 Å². The van der Waals surface area contributed by atoms with Crippen molar-refractivity contribution in [2.75, 3.05) is 20.1 Å². The topological polar surface area (TPSA) is 15.3 Å².